The molecule has 82 valence electrons. The average Bonchev–Trinajstić information content (AvgIpc) is 2.83. The topological polar surface area (TPSA) is 12.0 Å². The van der Waals surface area contributed by atoms with Gasteiger partial charge in [0, 0.05) is 18.0 Å². The maximum absolute atomic E-state index is 3.38. The number of nitrogens with one attached hydrogen (secondary N) is 1. The molecule has 2 aromatic rings. The minimum atomic E-state index is 0.910. The maximum Gasteiger partial charge on any atom is 0.0267 e. The van der Waals surface area contributed by atoms with Crippen LogP contribution in [0.25, 0.3) is 6.08 Å². The predicted octanol–water partition coefficient (Wildman–Crippen LogP) is 3.55. The van der Waals surface area contributed by atoms with E-state index < -0.39 is 0 Å². The number of thiophene rings is 1. The molecule has 1 aromatic carbocycles. The Balaban J connectivity index is 1.69. The molecule has 0 aliphatic carbocycles. The van der Waals surface area contributed by atoms with Crippen molar-refractivity contribution in [1.82, 2.24) is 5.32 Å². The molecular formula is C14H15NS. The van der Waals surface area contributed by atoms with Gasteiger partial charge in [-0.05, 0) is 23.1 Å². The van der Waals surface area contributed by atoms with Crippen LogP contribution in [-0.2, 0) is 6.54 Å². The Kier molecular flexibility index (Phi) is 4.35. The van der Waals surface area contributed by atoms with E-state index >= 15 is 0 Å². The number of rotatable bonds is 5. The van der Waals surface area contributed by atoms with Crippen molar-refractivity contribution in [3.8, 4) is 0 Å². The van der Waals surface area contributed by atoms with E-state index in [9.17, 15) is 0 Å². The first-order valence-electron chi connectivity index (χ1n) is 5.40. The first kappa shape index (κ1) is 11.1. The summed E-state index contributed by atoms with van der Waals surface area (Å²) in [5, 5.41) is 5.48. The van der Waals surface area contributed by atoms with Crippen molar-refractivity contribution in [2.45, 2.75) is 6.54 Å². The zero-order valence-corrected chi connectivity index (χ0v) is 9.91. The number of benzene rings is 1. The van der Waals surface area contributed by atoms with Crippen LogP contribution in [0.3, 0.4) is 0 Å². The molecule has 2 rings (SSSR count). The second-order valence-corrected chi connectivity index (χ2v) is 4.51. The van der Waals surface area contributed by atoms with Crippen LogP contribution in [0, 0.1) is 0 Å². The highest BCUT2D eigenvalue weighted by atomic mass is 32.1. The van der Waals surface area contributed by atoms with Crippen molar-refractivity contribution < 1.29 is 0 Å². The molecule has 0 aliphatic heterocycles. The van der Waals surface area contributed by atoms with Crippen LogP contribution in [0.5, 0.6) is 0 Å². The zero-order chi connectivity index (χ0) is 11.1. The fourth-order valence-electron chi connectivity index (χ4n) is 1.46. The maximum atomic E-state index is 3.38. The molecular weight excluding hydrogens is 214 g/mol. The Morgan fingerprint density at radius 3 is 2.69 bits per heavy atom. The van der Waals surface area contributed by atoms with Gasteiger partial charge in [0.2, 0.25) is 0 Å². The lowest BCUT2D eigenvalue weighted by atomic mass is 10.2. The van der Waals surface area contributed by atoms with Crippen LogP contribution in [0.2, 0.25) is 0 Å². The molecule has 2 heteroatoms. The Morgan fingerprint density at radius 1 is 1.06 bits per heavy atom. The molecule has 0 unspecified atom stereocenters. The van der Waals surface area contributed by atoms with Crippen LogP contribution < -0.4 is 5.32 Å². The monoisotopic (exact) mass is 229 g/mol. The van der Waals surface area contributed by atoms with Crippen LogP contribution in [0.4, 0.5) is 0 Å². The van der Waals surface area contributed by atoms with E-state index in [0.29, 0.717) is 0 Å². The number of hydrogen-bond acceptors (Lipinski definition) is 2. The molecule has 0 fully saturated rings. The molecule has 0 aliphatic rings. The highest BCUT2D eigenvalue weighted by Crippen LogP contribution is 2.09. The van der Waals surface area contributed by atoms with Gasteiger partial charge in [0.15, 0.2) is 0 Å². The summed E-state index contributed by atoms with van der Waals surface area (Å²) in [6.45, 7) is 1.84. The van der Waals surface area contributed by atoms with E-state index in [2.05, 4.69) is 59.2 Å². The van der Waals surface area contributed by atoms with Crippen LogP contribution >= 0.6 is 11.3 Å². The van der Waals surface area contributed by atoms with E-state index in [-0.39, 0.29) is 0 Å². The molecule has 0 bridgehead atoms. The van der Waals surface area contributed by atoms with E-state index in [1.165, 1.54) is 10.4 Å². The molecule has 1 heterocycles. The van der Waals surface area contributed by atoms with Gasteiger partial charge in [0.05, 0.1) is 0 Å². The Hall–Kier alpha value is -1.38. The quantitative estimate of drug-likeness (QED) is 0.773. The van der Waals surface area contributed by atoms with Gasteiger partial charge < -0.3 is 5.32 Å². The van der Waals surface area contributed by atoms with Crippen molar-refractivity contribution in [1.29, 1.82) is 0 Å². The summed E-state index contributed by atoms with van der Waals surface area (Å²) >= 11 is 1.76. The van der Waals surface area contributed by atoms with Crippen molar-refractivity contribution in [2.75, 3.05) is 6.54 Å². The predicted molar refractivity (Wildman–Crippen MR) is 71.5 cm³/mol. The SMILES string of the molecule is C(=C\c1cccs1)/CNCc1ccccc1. The van der Waals surface area contributed by atoms with Gasteiger partial charge in [-0.3, -0.25) is 0 Å². The highest BCUT2D eigenvalue weighted by Gasteiger charge is 1.88. The second-order valence-electron chi connectivity index (χ2n) is 3.53. The van der Waals surface area contributed by atoms with Crippen molar-refractivity contribution >= 4 is 17.4 Å². The van der Waals surface area contributed by atoms with Gasteiger partial charge in [0.25, 0.3) is 0 Å². The average molecular weight is 229 g/mol. The lowest BCUT2D eigenvalue weighted by molar-refractivity contribution is 0.761. The van der Waals surface area contributed by atoms with E-state index in [1.54, 1.807) is 11.3 Å². The Morgan fingerprint density at radius 2 is 1.94 bits per heavy atom. The summed E-state index contributed by atoms with van der Waals surface area (Å²) in [6.07, 6.45) is 4.32. The van der Waals surface area contributed by atoms with Crippen LogP contribution in [0.15, 0.2) is 53.9 Å². The summed E-state index contributed by atoms with van der Waals surface area (Å²) in [6, 6.07) is 14.6. The third-order valence-electron chi connectivity index (χ3n) is 2.26. The minimum absolute atomic E-state index is 0.910. The fourth-order valence-corrected chi connectivity index (χ4v) is 2.10. The summed E-state index contributed by atoms with van der Waals surface area (Å²) in [5.41, 5.74) is 1.33. The Bertz CT molecular complexity index is 417. The van der Waals surface area contributed by atoms with E-state index in [0.717, 1.165) is 13.1 Å². The minimum Gasteiger partial charge on any atom is -0.309 e. The summed E-state index contributed by atoms with van der Waals surface area (Å²) in [7, 11) is 0. The Labute approximate surface area is 100 Å². The first-order chi connectivity index (χ1) is 7.95. The summed E-state index contributed by atoms with van der Waals surface area (Å²) < 4.78 is 0. The molecule has 0 spiro atoms. The molecule has 0 saturated carbocycles. The van der Waals surface area contributed by atoms with Gasteiger partial charge in [-0.2, -0.15) is 0 Å². The largest absolute Gasteiger partial charge is 0.309 e. The molecule has 0 amide bonds. The van der Waals surface area contributed by atoms with Gasteiger partial charge >= 0.3 is 0 Å². The van der Waals surface area contributed by atoms with Crippen LogP contribution in [0.1, 0.15) is 10.4 Å². The molecule has 0 saturated heterocycles. The highest BCUT2D eigenvalue weighted by molar-refractivity contribution is 7.10. The normalized spacial score (nSPS) is 11.0. The molecule has 1 aromatic heterocycles. The summed E-state index contributed by atoms with van der Waals surface area (Å²) in [5.74, 6) is 0. The lowest BCUT2D eigenvalue weighted by Crippen LogP contribution is -2.12. The molecule has 16 heavy (non-hydrogen) atoms. The van der Waals surface area contributed by atoms with Gasteiger partial charge in [-0.15, -0.1) is 11.3 Å². The standard InChI is InChI=1S/C14H15NS/c1-2-6-13(7-3-1)12-15-10-4-8-14-9-5-11-16-14/h1-9,11,15H,10,12H2/b8-4+. The lowest BCUT2D eigenvalue weighted by Gasteiger charge is -2.00. The third-order valence-corrected chi connectivity index (χ3v) is 3.10. The van der Waals surface area contributed by atoms with Crippen molar-refractivity contribution in [3.63, 3.8) is 0 Å². The zero-order valence-electron chi connectivity index (χ0n) is 9.10. The molecule has 0 radical (unpaired) electrons. The van der Waals surface area contributed by atoms with Crippen LogP contribution in [-0.4, -0.2) is 6.54 Å². The van der Waals surface area contributed by atoms with Crippen molar-refractivity contribution in [3.05, 3.63) is 64.4 Å². The van der Waals surface area contributed by atoms with Gasteiger partial charge in [-0.1, -0.05) is 42.5 Å². The first-order valence-corrected chi connectivity index (χ1v) is 6.28. The fraction of sp³-hybridized carbons (Fsp3) is 0.143. The van der Waals surface area contributed by atoms with E-state index in [4.69, 9.17) is 0 Å². The second kappa shape index (κ2) is 6.26. The summed E-state index contributed by atoms with van der Waals surface area (Å²) in [4.78, 5) is 1.31. The van der Waals surface area contributed by atoms with Gasteiger partial charge in [0.1, 0.15) is 0 Å². The smallest absolute Gasteiger partial charge is 0.0267 e. The molecule has 1 N–H and O–H groups in total. The van der Waals surface area contributed by atoms with E-state index in [1.807, 2.05) is 6.07 Å². The van der Waals surface area contributed by atoms with Crippen molar-refractivity contribution in [2.24, 2.45) is 0 Å². The third kappa shape index (κ3) is 3.65. The number of hydrogen-bond donors (Lipinski definition) is 1. The molecule has 0 atom stereocenters. The van der Waals surface area contributed by atoms with Gasteiger partial charge in [-0.25, -0.2) is 0 Å². The molecule has 1 nitrogen and oxygen atoms in total.